The van der Waals surface area contributed by atoms with Crippen LogP contribution in [0.2, 0.25) is 0 Å². The fourth-order valence-electron chi connectivity index (χ4n) is 4.38. The van der Waals surface area contributed by atoms with E-state index in [4.69, 9.17) is 4.74 Å². The molecule has 1 N–H and O–H groups in total. The molecule has 1 unspecified atom stereocenters. The molecule has 176 valence electrons. The second kappa shape index (κ2) is 11.4. The van der Waals surface area contributed by atoms with Crippen LogP contribution < -0.4 is 5.32 Å². The molecule has 0 saturated carbocycles. The fraction of sp³-hybridized carbons (Fsp3) is 0.462. The second-order valence-corrected chi connectivity index (χ2v) is 8.82. The minimum absolute atomic E-state index is 0.0347. The number of piperazine rings is 1. The van der Waals surface area contributed by atoms with Crippen molar-refractivity contribution in [2.45, 2.75) is 13.0 Å². The maximum atomic E-state index is 12.6. The molecule has 0 spiro atoms. The lowest BCUT2D eigenvalue weighted by atomic mass is 10.0. The zero-order valence-corrected chi connectivity index (χ0v) is 19.4. The Hall–Kier alpha value is -2.74. The van der Waals surface area contributed by atoms with E-state index in [-0.39, 0.29) is 17.9 Å². The van der Waals surface area contributed by atoms with Gasteiger partial charge >= 0.3 is 0 Å². The summed E-state index contributed by atoms with van der Waals surface area (Å²) in [5.74, 6) is 0.212. The monoisotopic (exact) mass is 450 g/mol. The summed E-state index contributed by atoms with van der Waals surface area (Å²) in [6.45, 7) is 8.69. The van der Waals surface area contributed by atoms with Crippen molar-refractivity contribution < 1.29 is 14.3 Å². The minimum atomic E-state index is -0.0465. The highest BCUT2D eigenvalue weighted by Gasteiger charge is 2.24. The van der Waals surface area contributed by atoms with Gasteiger partial charge < -0.3 is 15.0 Å². The summed E-state index contributed by atoms with van der Waals surface area (Å²) in [5.41, 5.74) is 3.45. The number of nitrogens with one attached hydrogen (secondary N) is 1. The van der Waals surface area contributed by atoms with Crippen LogP contribution in [-0.2, 0) is 14.3 Å². The number of nitrogens with zero attached hydrogens (tertiary/aromatic N) is 3. The van der Waals surface area contributed by atoms with Crippen LogP contribution in [0, 0.1) is 0 Å². The molecule has 2 heterocycles. The Morgan fingerprint density at radius 3 is 2.03 bits per heavy atom. The molecule has 0 radical (unpaired) electrons. The Bertz CT molecular complexity index is 905. The van der Waals surface area contributed by atoms with Crippen LogP contribution in [0.15, 0.2) is 54.6 Å². The third kappa shape index (κ3) is 6.63. The van der Waals surface area contributed by atoms with Crippen LogP contribution in [-0.4, -0.2) is 92.1 Å². The smallest absolute Gasteiger partial charge is 0.236 e. The summed E-state index contributed by atoms with van der Waals surface area (Å²) in [6, 6.07) is 18.6. The van der Waals surface area contributed by atoms with Crippen LogP contribution in [0.25, 0.3) is 11.1 Å². The number of morpholine rings is 1. The van der Waals surface area contributed by atoms with Gasteiger partial charge in [0, 0.05) is 39.3 Å². The van der Waals surface area contributed by atoms with Gasteiger partial charge in [-0.2, -0.15) is 0 Å². The quantitative estimate of drug-likeness (QED) is 0.699. The number of benzene rings is 2. The Balaban J connectivity index is 1.19. The topological polar surface area (TPSA) is 65.1 Å². The third-order valence-electron chi connectivity index (χ3n) is 6.45. The number of hydrogen-bond donors (Lipinski definition) is 1. The Morgan fingerprint density at radius 2 is 1.39 bits per heavy atom. The highest BCUT2D eigenvalue weighted by molar-refractivity contribution is 5.79. The molecule has 7 nitrogen and oxygen atoms in total. The number of rotatable bonds is 7. The lowest BCUT2D eigenvalue weighted by molar-refractivity contribution is -0.137. The van der Waals surface area contributed by atoms with Gasteiger partial charge in [-0.3, -0.25) is 19.4 Å². The zero-order chi connectivity index (χ0) is 23.0. The molecule has 2 aromatic carbocycles. The highest BCUT2D eigenvalue weighted by atomic mass is 16.5. The van der Waals surface area contributed by atoms with Gasteiger partial charge in [0.1, 0.15) is 0 Å². The van der Waals surface area contributed by atoms with E-state index in [1.807, 2.05) is 30.0 Å². The molecular formula is C26H34N4O3. The molecule has 2 aromatic rings. The summed E-state index contributed by atoms with van der Waals surface area (Å²) in [7, 11) is 0. The summed E-state index contributed by atoms with van der Waals surface area (Å²) in [5, 5.41) is 3.12. The van der Waals surface area contributed by atoms with Gasteiger partial charge in [-0.1, -0.05) is 54.6 Å². The van der Waals surface area contributed by atoms with Crippen LogP contribution in [0.3, 0.4) is 0 Å². The number of carbonyl (C=O) groups is 2. The lowest BCUT2D eigenvalue weighted by Crippen LogP contribution is -2.53. The van der Waals surface area contributed by atoms with Crippen molar-refractivity contribution >= 4 is 11.8 Å². The van der Waals surface area contributed by atoms with Crippen molar-refractivity contribution in [2.75, 3.05) is 65.6 Å². The van der Waals surface area contributed by atoms with Crippen molar-refractivity contribution in [3.63, 3.8) is 0 Å². The average molecular weight is 451 g/mol. The SMILES string of the molecule is CC(NC(=O)CN1CCN(CC(=O)N2CCOCC2)CC1)c1ccc(-c2ccccc2)cc1. The van der Waals surface area contributed by atoms with E-state index in [1.165, 1.54) is 11.1 Å². The molecule has 2 aliphatic rings. The van der Waals surface area contributed by atoms with Crippen LogP contribution in [0.4, 0.5) is 0 Å². The number of amides is 2. The average Bonchev–Trinajstić information content (AvgIpc) is 2.86. The van der Waals surface area contributed by atoms with Crippen molar-refractivity contribution in [3.05, 3.63) is 60.2 Å². The molecule has 33 heavy (non-hydrogen) atoms. The highest BCUT2D eigenvalue weighted by Crippen LogP contribution is 2.21. The summed E-state index contributed by atoms with van der Waals surface area (Å²) >= 11 is 0. The molecule has 2 aliphatic heterocycles. The van der Waals surface area contributed by atoms with Crippen molar-refractivity contribution in [1.82, 2.24) is 20.0 Å². The molecule has 2 amide bonds. The number of hydrogen-bond acceptors (Lipinski definition) is 5. The molecule has 7 heteroatoms. The maximum Gasteiger partial charge on any atom is 0.236 e. The Morgan fingerprint density at radius 1 is 0.818 bits per heavy atom. The standard InChI is InChI=1S/C26H34N4O3/c1-21(22-7-9-24(10-8-22)23-5-3-2-4-6-23)27-25(31)19-28-11-13-29(14-12-28)20-26(32)30-15-17-33-18-16-30/h2-10,21H,11-20H2,1H3,(H,27,31). The minimum Gasteiger partial charge on any atom is -0.378 e. The van der Waals surface area contributed by atoms with E-state index in [0.29, 0.717) is 39.4 Å². The van der Waals surface area contributed by atoms with Gasteiger partial charge in [-0.15, -0.1) is 0 Å². The number of ether oxygens (including phenoxy) is 1. The summed E-state index contributed by atoms with van der Waals surface area (Å²) in [6.07, 6.45) is 0. The predicted molar refractivity (Wildman–Crippen MR) is 129 cm³/mol. The van der Waals surface area contributed by atoms with Crippen LogP contribution in [0.1, 0.15) is 18.5 Å². The van der Waals surface area contributed by atoms with E-state index in [1.54, 1.807) is 0 Å². The van der Waals surface area contributed by atoms with E-state index in [2.05, 4.69) is 51.5 Å². The van der Waals surface area contributed by atoms with Crippen molar-refractivity contribution in [1.29, 1.82) is 0 Å². The van der Waals surface area contributed by atoms with Gasteiger partial charge in [0.05, 0.1) is 32.3 Å². The maximum absolute atomic E-state index is 12.6. The summed E-state index contributed by atoms with van der Waals surface area (Å²) < 4.78 is 5.32. The molecule has 4 rings (SSSR count). The Kier molecular flexibility index (Phi) is 8.10. The molecule has 2 fully saturated rings. The fourth-order valence-corrected chi connectivity index (χ4v) is 4.38. The van der Waals surface area contributed by atoms with Crippen LogP contribution >= 0.6 is 0 Å². The number of carbonyl (C=O) groups excluding carboxylic acids is 2. The van der Waals surface area contributed by atoms with Gasteiger partial charge in [0.2, 0.25) is 11.8 Å². The molecule has 1 atom stereocenters. The van der Waals surface area contributed by atoms with E-state index in [0.717, 1.165) is 31.7 Å². The molecule has 0 bridgehead atoms. The summed E-state index contributed by atoms with van der Waals surface area (Å²) in [4.78, 5) is 31.3. The Labute approximate surface area is 196 Å². The zero-order valence-electron chi connectivity index (χ0n) is 19.4. The van der Waals surface area contributed by atoms with Crippen molar-refractivity contribution in [3.8, 4) is 11.1 Å². The first kappa shape index (κ1) is 23.4. The molecule has 0 aromatic heterocycles. The van der Waals surface area contributed by atoms with Gasteiger partial charge in [0.15, 0.2) is 0 Å². The second-order valence-electron chi connectivity index (χ2n) is 8.82. The van der Waals surface area contributed by atoms with Crippen LogP contribution in [0.5, 0.6) is 0 Å². The predicted octanol–water partition coefficient (Wildman–Crippen LogP) is 2.01. The van der Waals surface area contributed by atoms with E-state index >= 15 is 0 Å². The van der Waals surface area contributed by atoms with Gasteiger partial charge in [0.25, 0.3) is 0 Å². The molecule has 2 saturated heterocycles. The first-order valence-electron chi connectivity index (χ1n) is 11.8. The first-order valence-corrected chi connectivity index (χ1v) is 11.8. The van der Waals surface area contributed by atoms with Gasteiger partial charge in [-0.25, -0.2) is 0 Å². The third-order valence-corrected chi connectivity index (χ3v) is 6.45. The lowest BCUT2D eigenvalue weighted by Gasteiger charge is -2.35. The molecular weight excluding hydrogens is 416 g/mol. The van der Waals surface area contributed by atoms with E-state index < -0.39 is 0 Å². The molecule has 0 aliphatic carbocycles. The largest absolute Gasteiger partial charge is 0.378 e. The van der Waals surface area contributed by atoms with E-state index in [9.17, 15) is 9.59 Å². The normalized spacial score (nSPS) is 18.6. The van der Waals surface area contributed by atoms with Crippen molar-refractivity contribution in [2.24, 2.45) is 0 Å². The first-order chi connectivity index (χ1) is 16.1. The van der Waals surface area contributed by atoms with Gasteiger partial charge in [-0.05, 0) is 23.6 Å².